The minimum atomic E-state index is -3.75. The summed E-state index contributed by atoms with van der Waals surface area (Å²) in [5.41, 5.74) is 1.55. The van der Waals surface area contributed by atoms with E-state index in [4.69, 9.17) is 11.6 Å². The fourth-order valence-electron chi connectivity index (χ4n) is 2.07. The van der Waals surface area contributed by atoms with E-state index < -0.39 is 28.3 Å². The number of nitrogens with zero attached hydrogens (tertiary/aromatic N) is 1. The predicted molar refractivity (Wildman–Crippen MR) is 93.4 cm³/mol. The Morgan fingerprint density at radius 2 is 1.92 bits per heavy atom. The zero-order valence-corrected chi connectivity index (χ0v) is 14.7. The zero-order chi connectivity index (χ0) is 17.9. The van der Waals surface area contributed by atoms with Crippen molar-refractivity contribution in [3.8, 4) is 0 Å². The summed E-state index contributed by atoms with van der Waals surface area (Å²) >= 11 is 5.70. The van der Waals surface area contributed by atoms with Gasteiger partial charge in [-0.15, -0.1) is 0 Å². The van der Waals surface area contributed by atoms with E-state index in [0.29, 0.717) is 5.69 Å². The molecular formula is C16H16ClFN2O3S. The lowest BCUT2D eigenvalue weighted by Gasteiger charge is -2.22. The van der Waals surface area contributed by atoms with Crippen LogP contribution in [0.4, 0.5) is 15.8 Å². The molecule has 0 aliphatic carbocycles. The molecule has 0 fully saturated rings. The van der Waals surface area contributed by atoms with Gasteiger partial charge in [-0.1, -0.05) is 29.8 Å². The average Bonchev–Trinajstić information content (AvgIpc) is 2.49. The van der Waals surface area contributed by atoms with Crippen molar-refractivity contribution in [3.63, 3.8) is 0 Å². The largest absolute Gasteiger partial charge is 0.324 e. The molecule has 0 aliphatic rings. The van der Waals surface area contributed by atoms with Gasteiger partial charge in [-0.05, 0) is 36.8 Å². The molecule has 2 aromatic carbocycles. The Kier molecular flexibility index (Phi) is 5.46. The molecule has 24 heavy (non-hydrogen) atoms. The molecule has 8 heteroatoms. The van der Waals surface area contributed by atoms with Crippen LogP contribution >= 0.6 is 11.6 Å². The van der Waals surface area contributed by atoms with Crippen LogP contribution in [0.3, 0.4) is 0 Å². The first kappa shape index (κ1) is 18.2. The molecule has 0 atom stereocenters. The van der Waals surface area contributed by atoms with Crippen molar-refractivity contribution in [2.24, 2.45) is 0 Å². The molecule has 2 rings (SSSR count). The third-order valence-corrected chi connectivity index (χ3v) is 4.73. The smallest absolute Gasteiger partial charge is 0.245 e. The van der Waals surface area contributed by atoms with Gasteiger partial charge in [0.15, 0.2) is 0 Å². The van der Waals surface area contributed by atoms with E-state index in [1.54, 1.807) is 12.1 Å². The van der Waals surface area contributed by atoms with Gasteiger partial charge in [0, 0.05) is 5.69 Å². The van der Waals surface area contributed by atoms with Gasteiger partial charge in [0.25, 0.3) is 0 Å². The predicted octanol–water partition coefficient (Wildman–Crippen LogP) is 3.19. The Bertz CT molecular complexity index is 871. The lowest BCUT2D eigenvalue weighted by Crippen LogP contribution is -2.37. The molecule has 0 spiro atoms. The van der Waals surface area contributed by atoms with Crippen molar-refractivity contribution >= 4 is 38.9 Å². The highest BCUT2D eigenvalue weighted by atomic mass is 35.5. The molecule has 1 amide bonds. The molecule has 0 aliphatic heterocycles. The first-order valence-corrected chi connectivity index (χ1v) is 9.19. The number of aryl methyl sites for hydroxylation is 1. The van der Waals surface area contributed by atoms with Crippen molar-refractivity contribution in [2.75, 3.05) is 22.4 Å². The van der Waals surface area contributed by atoms with Crippen LogP contribution in [-0.4, -0.2) is 27.1 Å². The molecule has 0 bridgehead atoms. The van der Waals surface area contributed by atoms with Crippen molar-refractivity contribution < 1.29 is 17.6 Å². The molecule has 5 nitrogen and oxygen atoms in total. The fraction of sp³-hybridized carbons (Fsp3) is 0.188. The van der Waals surface area contributed by atoms with E-state index >= 15 is 0 Å². The van der Waals surface area contributed by atoms with Crippen LogP contribution in [0, 0.1) is 12.7 Å². The van der Waals surface area contributed by atoms with Gasteiger partial charge in [0.2, 0.25) is 15.9 Å². The number of carbonyl (C=O) groups is 1. The van der Waals surface area contributed by atoms with Crippen molar-refractivity contribution in [1.82, 2.24) is 0 Å². The van der Waals surface area contributed by atoms with E-state index in [0.717, 1.165) is 22.2 Å². The van der Waals surface area contributed by atoms with Crippen LogP contribution in [-0.2, 0) is 14.8 Å². The van der Waals surface area contributed by atoms with E-state index in [1.807, 2.05) is 19.1 Å². The minimum absolute atomic E-state index is 0.115. The first-order valence-electron chi connectivity index (χ1n) is 6.97. The van der Waals surface area contributed by atoms with Crippen LogP contribution in [0.1, 0.15) is 5.56 Å². The SMILES string of the molecule is Cc1ccccc1NC(=O)CN(c1ccc(F)c(Cl)c1)S(C)(=O)=O. The van der Waals surface area contributed by atoms with E-state index in [1.165, 1.54) is 12.1 Å². The molecule has 0 aromatic heterocycles. The Hall–Kier alpha value is -2.12. The number of benzene rings is 2. The van der Waals surface area contributed by atoms with Gasteiger partial charge < -0.3 is 5.32 Å². The number of anilines is 2. The summed E-state index contributed by atoms with van der Waals surface area (Å²) in [6.07, 6.45) is 0.964. The zero-order valence-electron chi connectivity index (χ0n) is 13.1. The number of sulfonamides is 1. The molecule has 2 aromatic rings. The van der Waals surface area contributed by atoms with Gasteiger partial charge >= 0.3 is 0 Å². The van der Waals surface area contributed by atoms with Gasteiger partial charge in [-0.3, -0.25) is 9.10 Å². The van der Waals surface area contributed by atoms with E-state index in [9.17, 15) is 17.6 Å². The molecule has 0 saturated carbocycles. The lowest BCUT2D eigenvalue weighted by molar-refractivity contribution is -0.114. The van der Waals surface area contributed by atoms with E-state index in [-0.39, 0.29) is 10.7 Å². The van der Waals surface area contributed by atoms with Crippen molar-refractivity contribution in [1.29, 1.82) is 0 Å². The maximum absolute atomic E-state index is 13.3. The molecule has 0 saturated heterocycles. The monoisotopic (exact) mass is 370 g/mol. The third-order valence-electron chi connectivity index (χ3n) is 3.30. The highest BCUT2D eigenvalue weighted by Gasteiger charge is 2.22. The molecular weight excluding hydrogens is 355 g/mol. The van der Waals surface area contributed by atoms with Gasteiger partial charge in [-0.2, -0.15) is 0 Å². The number of halogens is 2. The fourth-order valence-corrected chi connectivity index (χ4v) is 3.10. The second-order valence-electron chi connectivity index (χ2n) is 5.23. The summed E-state index contributed by atoms with van der Waals surface area (Å²) in [4.78, 5) is 12.2. The summed E-state index contributed by atoms with van der Waals surface area (Å²) in [5, 5.41) is 2.43. The van der Waals surface area contributed by atoms with Crippen LogP contribution < -0.4 is 9.62 Å². The average molecular weight is 371 g/mol. The Morgan fingerprint density at radius 1 is 1.25 bits per heavy atom. The highest BCUT2D eigenvalue weighted by Crippen LogP contribution is 2.24. The van der Waals surface area contributed by atoms with Crippen molar-refractivity contribution in [3.05, 3.63) is 58.9 Å². The second-order valence-corrected chi connectivity index (χ2v) is 7.55. The van der Waals surface area contributed by atoms with Gasteiger partial charge in [0.05, 0.1) is 17.0 Å². The normalized spacial score (nSPS) is 11.2. The summed E-state index contributed by atoms with van der Waals surface area (Å²) in [7, 11) is -3.75. The van der Waals surface area contributed by atoms with Crippen LogP contribution in [0.2, 0.25) is 5.02 Å². The molecule has 0 radical (unpaired) electrons. The summed E-state index contributed by atoms with van der Waals surface area (Å²) in [5.74, 6) is -1.19. The number of para-hydroxylation sites is 1. The summed E-state index contributed by atoms with van der Waals surface area (Å²) in [6, 6.07) is 10.6. The van der Waals surface area contributed by atoms with Gasteiger partial charge in [0.1, 0.15) is 12.4 Å². The van der Waals surface area contributed by atoms with E-state index in [2.05, 4.69) is 5.32 Å². The van der Waals surface area contributed by atoms with Crippen LogP contribution in [0.15, 0.2) is 42.5 Å². The first-order chi connectivity index (χ1) is 11.2. The minimum Gasteiger partial charge on any atom is -0.324 e. The molecule has 128 valence electrons. The van der Waals surface area contributed by atoms with Crippen LogP contribution in [0.25, 0.3) is 0 Å². The lowest BCUT2D eigenvalue weighted by atomic mass is 10.2. The topological polar surface area (TPSA) is 66.5 Å². The van der Waals surface area contributed by atoms with Crippen LogP contribution in [0.5, 0.6) is 0 Å². The standard InChI is InChI=1S/C16H16ClFN2O3S/c1-11-5-3-4-6-15(11)19-16(21)10-20(24(2,22)23)12-7-8-14(18)13(17)9-12/h3-9H,10H2,1-2H3,(H,19,21). The number of hydrogen-bond acceptors (Lipinski definition) is 3. The maximum Gasteiger partial charge on any atom is 0.245 e. The highest BCUT2D eigenvalue weighted by molar-refractivity contribution is 7.92. The Labute approximate surface area is 145 Å². The van der Waals surface area contributed by atoms with Crippen molar-refractivity contribution in [2.45, 2.75) is 6.92 Å². The molecule has 0 unspecified atom stereocenters. The number of carbonyl (C=O) groups excluding carboxylic acids is 1. The molecule has 0 heterocycles. The summed E-state index contributed by atoms with van der Waals surface area (Å²) in [6.45, 7) is 1.37. The number of rotatable bonds is 5. The molecule has 1 N–H and O–H groups in total. The van der Waals surface area contributed by atoms with Gasteiger partial charge in [-0.25, -0.2) is 12.8 Å². The number of nitrogens with one attached hydrogen (secondary N) is 1. The Balaban J connectivity index is 2.25. The second kappa shape index (κ2) is 7.19. The number of amides is 1. The summed E-state index contributed by atoms with van der Waals surface area (Å²) < 4.78 is 38.1. The quantitative estimate of drug-likeness (QED) is 0.878. The Morgan fingerprint density at radius 3 is 2.50 bits per heavy atom. The number of hydrogen-bond donors (Lipinski definition) is 1. The third kappa shape index (κ3) is 4.46. The maximum atomic E-state index is 13.3.